The molecule has 0 aliphatic rings. The monoisotopic (exact) mass is 430 g/mol. The molecule has 0 radical (unpaired) electrons. The van der Waals surface area contributed by atoms with Crippen molar-refractivity contribution >= 4 is 46.3 Å². The second-order valence-electron chi connectivity index (χ2n) is 5.96. The van der Waals surface area contributed by atoms with Gasteiger partial charge in [-0.3, -0.25) is 9.59 Å². The molecule has 1 aromatic heterocycles. The van der Waals surface area contributed by atoms with Crippen LogP contribution < -0.4 is 5.32 Å². The molecule has 0 atom stereocenters. The van der Waals surface area contributed by atoms with Gasteiger partial charge in [0.25, 0.3) is 0 Å². The number of aromatic hydroxyl groups is 1. The summed E-state index contributed by atoms with van der Waals surface area (Å²) in [5, 5.41) is 14.8. The predicted molar refractivity (Wildman–Crippen MR) is 110 cm³/mol. The molecule has 2 N–H and O–H groups in total. The van der Waals surface area contributed by atoms with Gasteiger partial charge in [0.2, 0.25) is 5.91 Å². The van der Waals surface area contributed by atoms with Crippen LogP contribution in [0.5, 0.6) is 5.75 Å². The van der Waals surface area contributed by atoms with Gasteiger partial charge in [0, 0.05) is 28.5 Å². The first-order valence-electron chi connectivity index (χ1n) is 8.36. The minimum Gasteiger partial charge on any atom is -0.506 e. The lowest BCUT2D eigenvalue weighted by atomic mass is 10.1. The van der Waals surface area contributed by atoms with E-state index in [4.69, 9.17) is 16.3 Å². The molecule has 1 heterocycles. The summed E-state index contributed by atoms with van der Waals surface area (Å²) in [6, 6.07) is 11.0. The Morgan fingerprint density at radius 3 is 2.72 bits per heavy atom. The average molecular weight is 431 g/mol. The van der Waals surface area contributed by atoms with E-state index < -0.39 is 24.3 Å². The molecular weight excluding hydrogens is 416 g/mol. The van der Waals surface area contributed by atoms with E-state index >= 15 is 0 Å². The number of hydrogen-bond donors (Lipinski definition) is 2. The largest absolute Gasteiger partial charge is 0.506 e. The van der Waals surface area contributed by atoms with Gasteiger partial charge in [-0.15, -0.1) is 11.3 Å². The third-order valence-electron chi connectivity index (χ3n) is 3.75. The highest BCUT2D eigenvalue weighted by atomic mass is 35.5. The van der Waals surface area contributed by atoms with E-state index in [2.05, 4.69) is 10.3 Å². The second kappa shape index (κ2) is 8.85. The summed E-state index contributed by atoms with van der Waals surface area (Å²) in [5.41, 5.74) is 1.13. The standard InChI is InChI=1S/C20H15ClN2O5S/c1-11(24)22-15-8-12(5-6-17(15)25)18(26)9-28-20(27)16-10-29-19(23-16)13-3-2-4-14(21)7-13/h2-8,10,25H,9H2,1H3,(H,22,24). The first-order chi connectivity index (χ1) is 13.8. The Bertz CT molecular complexity index is 1100. The van der Waals surface area contributed by atoms with E-state index in [1.165, 1.54) is 36.5 Å². The smallest absolute Gasteiger partial charge is 0.358 e. The molecule has 0 spiro atoms. The number of carbonyl (C=O) groups excluding carboxylic acids is 3. The summed E-state index contributed by atoms with van der Waals surface area (Å²) in [6.45, 7) is 0.772. The van der Waals surface area contributed by atoms with Crippen LogP contribution in [0, 0.1) is 0 Å². The van der Waals surface area contributed by atoms with E-state index in [-0.39, 0.29) is 22.7 Å². The zero-order valence-electron chi connectivity index (χ0n) is 15.1. The number of benzene rings is 2. The van der Waals surface area contributed by atoms with Crippen molar-refractivity contribution in [3.05, 3.63) is 64.1 Å². The topological polar surface area (TPSA) is 106 Å². The first-order valence-corrected chi connectivity index (χ1v) is 9.61. The van der Waals surface area contributed by atoms with Crippen LogP contribution in [0.25, 0.3) is 10.6 Å². The molecule has 29 heavy (non-hydrogen) atoms. The van der Waals surface area contributed by atoms with Crippen molar-refractivity contribution in [3.8, 4) is 16.3 Å². The van der Waals surface area contributed by atoms with Crippen molar-refractivity contribution in [2.75, 3.05) is 11.9 Å². The fraction of sp³-hybridized carbons (Fsp3) is 0.100. The zero-order valence-corrected chi connectivity index (χ0v) is 16.7. The summed E-state index contributed by atoms with van der Waals surface area (Å²) in [6.07, 6.45) is 0. The predicted octanol–water partition coefficient (Wildman–Crippen LogP) is 4.17. The van der Waals surface area contributed by atoms with Gasteiger partial charge in [0.1, 0.15) is 10.8 Å². The number of nitrogens with zero attached hydrogens (tertiary/aromatic N) is 1. The number of carbonyl (C=O) groups is 3. The number of ketones is 1. The van der Waals surface area contributed by atoms with Gasteiger partial charge in [-0.2, -0.15) is 0 Å². The number of halogens is 1. The molecule has 0 aliphatic heterocycles. The van der Waals surface area contributed by atoms with Crippen LogP contribution in [0.3, 0.4) is 0 Å². The van der Waals surface area contributed by atoms with E-state index in [0.717, 1.165) is 5.56 Å². The molecule has 2 aromatic carbocycles. The van der Waals surface area contributed by atoms with E-state index in [1.807, 2.05) is 6.07 Å². The number of phenols is 1. The second-order valence-corrected chi connectivity index (χ2v) is 7.26. The molecule has 0 saturated heterocycles. The van der Waals surface area contributed by atoms with E-state index in [0.29, 0.717) is 10.0 Å². The molecule has 7 nitrogen and oxygen atoms in total. The number of hydrogen-bond acceptors (Lipinski definition) is 7. The Balaban J connectivity index is 1.65. The number of thiazole rings is 1. The molecular formula is C20H15ClN2O5S. The van der Waals surface area contributed by atoms with Gasteiger partial charge in [-0.1, -0.05) is 23.7 Å². The number of phenolic OH excluding ortho intramolecular Hbond substituents is 1. The summed E-state index contributed by atoms with van der Waals surface area (Å²) >= 11 is 7.22. The minimum absolute atomic E-state index is 0.0856. The number of esters is 1. The highest BCUT2D eigenvalue weighted by Gasteiger charge is 2.17. The molecule has 0 aliphatic carbocycles. The molecule has 0 fully saturated rings. The van der Waals surface area contributed by atoms with Crippen LogP contribution in [-0.4, -0.2) is 34.4 Å². The normalized spacial score (nSPS) is 10.4. The Morgan fingerprint density at radius 1 is 1.21 bits per heavy atom. The lowest BCUT2D eigenvalue weighted by Crippen LogP contribution is -2.15. The summed E-state index contributed by atoms with van der Waals surface area (Å²) in [5.74, 6) is -1.79. The Kier molecular flexibility index (Phi) is 6.26. The number of Topliss-reactive ketones (excluding diaryl/α,β-unsaturated/α-hetero) is 1. The van der Waals surface area contributed by atoms with E-state index in [9.17, 15) is 19.5 Å². The van der Waals surface area contributed by atoms with Crippen LogP contribution in [0.1, 0.15) is 27.8 Å². The average Bonchev–Trinajstić information content (AvgIpc) is 3.17. The molecule has 9 heteroatoms. The van der Waals surface area contributed by atoms with Crippen molar-refractivity contribution in [1.82, 2.24) is 4.98 Å². The van der Waals surface area contributed by atoms with Gasteiger partial charge in [0.05, 0.1) is 5.69 Å². The summed E-state index contributed by atoms with van der Waals surface area (Å²) < 4.78 is 5.05. The maximum Gasteiger partial charge on any atom is 0.358 e. The Morgan fingerprint density at radius 2 is 2.00 bits per heavy atom. The summed E-state index contributed by atoms with van der Waals surface area (Å²) in [4.78, 5) is 39.9. The van der Waals surface area contributed by atoms with Crippen LogP contribution in [0.15, 0.2) is 47.8 Å². The van der Waals surface area contributed by atoms with Gasteiger partial charge < -0.3 is 15.2 Å². The van der Waals surface area contributed by atoms with Crippen molar-refractivity contribution in [2.24, 2.45) is 0 Å². The highest BCUT2D eigenvalue weighted by Crippen LogP contribution is 2.27. The molecule has 1 amide bonds. The Labute approximate surface area is 174 Å². The van der Waals surface area contributed by atoms with Crippen LogP contribution in [0.2, 0.25) is 5.02 Å². The van der Waals surface area contributed by atoms with Gasteiger partial charge in [-0.25, -0.2) is 9.78 Å². The highest BCUT2D eigenvalue weighted by molar-refractivity contribution is 7.13. The maximum absolute atomic E-state index is 12.3. The molecule has 0 unspecified atom stereocenters. The molecule has 0 bridgehead atoms. The molecule has 3 rings (SSSR count). The van der Waals surface area contributed by atoms with E-state index in [1.54, 1.807) is 23.6 Å². The number of rotatable bonds is 6. The van der Waals surface area contributed by atoms with Gasteiger partial charge in [0.15, 0.2) is 18.1 Å². The van der Waals surface area contributed by atoms with Crippen LogP contribution >= 0.6 is 22.9 Å². The van der Waals surface area contributed by atoms with Crippen molar-refractivity contribution < 1.29 is 24.2 Å². The van der Waals surface area contributed by atoms with Crippen molar-refractivity contribution in [2.45, 2.75) is 6.92 Å². The Hall–Kier alpha value is -3.23. The minimum atomic E-state index is -0.733. The molecule has 3 aromatic rings. The zero-order chi connectivity index (χ0) is 21.0. The SMILES string of the molecule is CC(=O)Nc1cc(C(=O)COC(=O)c2csc(-c3cccc(Cl)c3)n2)ccc1O. The van der Waals surface area contributed by atoms with Gasteiger partial charge in [-0.05, 0) is 30.3 Å². The number of anilines is 1. The maximum atomic E-state index is 12.3. The fourth-order valence-corrected chi connectivity index (χ4v) is 3.39. The van der Waals surface area contributed by atoms with Crippen LogP contribution in [0.4, 0.5) is 5.69 Å². The number of nitrogens with one attached hydrogen (secondary N) is 1. The third-order valence-corrected chi connectivity index (χ3v) is 4.87. The lowest BCUT2D eigenvalue weighted by molar-refractivity contribution is -0.114. The fourth-order valence-electron chi connectivity index (χ4n) is 2.41. The van der Waals surface area contributed by atoms with Crippen molar-refractivity contribution in [1.29, 1.82) is 0 Å². The quantitative estimate of drug-likeness (QED) is 0.345. The first kappa shape index (κ1) is 20.5. The number of aromatic nitrogens is 1. The lowest BCUT2D eigenvalue weighted by Gasteiger charge is -2.08. The number of amides is 1. The van der Waals surface area contributed by atoms with Gasteiger partial charge >= 0.3 is 5.97 Å². The number of ether oxygens (including phenoxy) is 1. The van der Waals surface area contributed by atoms with Crippen LogP contribution in [-0.2, 0) is 9.53 Å². The molecule has 0 saturated carbocycles. The molecule has 148 valence electrons. The third kappa shape index (κ3) is 5.18. The van der Waals surface area contributed by atoms with Crippen molar-refractivity contribution in [3.63, 3.8) is 0 Å². The summed E-state index contributed by atoms with van der Waals surface area (Å²) in [7, 11) is 0.